The minimum absolute atomic E-state index is 0.925. The van der Waals surface area contributed by atoms with E-state index in [-0.39, 0.29) is 0 Å². The lowest BCUT2D eigenvalue weighted by atomic mass is 9.93. The van der Waals surface area contributed by atoms with Crippen molar-refractivity contribution < 1.29 is 0 Å². The van der Waals surface area contributed by atoms with Crippen molar-refractivity contribution >= 4 is 0 Å². The fraction of sp³-hybridized carbons (Fsp3) is 0.706. The van der Waals surface area contributed by atoms with Gasteiger partial charge in [-0.3, -0.25) is 14.8 Å². The van der Waals surface area contributed by atoms with E-state index >= 15 is 0 Å². The number of piperazine rings is 1. The van der Waals surface area contributed by atoms with Crippen LogP contribution in [0.3, 0.4) is 0 Å². The van der Waals surface area contributed by atoms with E-state index in [0.29, 0.717) is 0 Å². The van der Waals surface area contributed by atoms with Crippen molar-refractivity contribution in [3.63, 3.8) is 0 Å². The number of rotatable bonds is 3. The van der Waals surface area contributed by atoms with Crippen molar-refractivity contribution in [2.45, 2.75) is 38.3 Å². The quantitative estimate of drug-likeness (QED) is 0.841. The lowest BCUT2D eigenvalue weighted by Gasteiger charge is -2.41. The molecule has 2 heterocycles. The van der Waals surface area contributed by atoms with Crippen molar-refractivity contribution in [3.8, 4) is 0 Å². The molecule has 108 valence electrons. The molecule has 20 heavy (non-hydrogen) atoms. The molecule has 0 N–H and O–H groups in total. The molecule has 3 aliphatic rings. The number of fused-ring (bicyclic) bond motifs is 2. The highest BCUT2D eigenvalue weighted by Crippen LogP contribution is 2.46. The van der Waals surface area contributed by atoms with Gasteiger partial charge in [-0.2, -0.15) is 0 Å². The Labute approximate surface area is 122 Å². The fourth-order valence-corrected chi connectivity index (χ4v) is 4.66. The van der Waals surface area contributed by atoms with Gasteiger partial charge in [0.25, 0.3) is 0 Å². The van der Waals surface area contributed by atoms with Gasteiger partial charge < -0.3 is 0 Å². The Bertz CT molecular complexity index is 439. The Morgan fingerprint density at radius 3 is 2.65 bits per heavy atom. The summed E-state index contributed by atoms with van der Waals surface area (Å²) in [4.78, 5) is 9.60. The molecule has 0 amide bonds. The predicted molar refractivity (Wildman–Crippen MR) is 80.3 cm³/mol. The summed E-state index contributed by atoms with van der Waals surface area (Å²) in [5, 5.41) is 0. The molecule has 0 aromatic carbocycles. The SMILES string of the molecule is c1cncc(CN2CCN([C@H]3C[C@H]4CC[C@H]3C4)CC2)c1. The molecule has 1 aromatic rings. The fourth-order valence-electron chi connectivity index (χ4n) is 4.66. The van der Waals surface area contributed by atoms with Gasteiger partial charge in [-0.05, 0) is 42.7 Å². The number of nitrogens with zero attached hydrogens (tertiary/aromatic N) is 3. The van der Waals surface area contributed by atoms with E-state index < -0.39 is 0 Å². The van der Waals surface area contributed by atoms with Crippen molar-refractivity contribution in [2.75, 3.05) is 26.2 Å². The summed E-state index contributed by atoms with van der Waals surface area (Å²) < 4.78 is 0. The highest BCUT2D eigenvalue weighted by atomic mass is 15.3. The maximum absolute atomic E-state index is 4.22. The first-order valence-electron chi connectivity index (χ1n) is 8.24. The van der Waals surface area contributed by atoms with Gasteiger partial charge in [0.05, 0.1) is 0 Å². The van der Waals surface area contributed by atoms with Gasteiger partial charge in [0, 0.05) is 51.2 Å². The van der Waals surface area contributed by atoms with E-state index in [9.17, 15) is 0 Å². The average molecular weight is 271 g/mol. The second kappa shape index (κ2) is 5.45. The van der Waals surface area contributed by atoms with Gasteiger partial charge in [-0.25, -0.2) is 0 Å². The van der Waals surface area contributed by atoms with E-state index in [1.165, 1.54) is 57.4 Å². The second-order valence-electron chi connectivity index (χ2n) is 6.92. The lowest BCUT2D eigenvalue weighted by molar-refractivity contribution is 0.0679. The predicted octanol–water partition coefficient (Wildman–Crippen LogP) is 2.39. The Morgan fingerprint density at radius 2 is 2.00 bits per heavy atom. The van der Waals surface area contributed by atoms with Gasteiger partial charge in [0.2, 0.25) is 0 Å². The third-order valence-electron chi connectivity index (χ3n) is 5.71. The molecule has 2 saturated carbocycles. The number of hydrogen-bond acceptors (Lipinski definition) is 3. The first-order chi connectivity index (χ1) is 9.88. The molecular weight excluding hydrogens is 246 g/mol. The summed E-state index contributed by atoms with van der Waals surface area (Å²) in [6.45, 7) is 6.06. The van der Waals surface area contributed by atoms with Crippen LogP contribution in [0.4, 0.5) is 0 Å². The van der Waals surface area contributed by atoms with E-state index in [0.717, 1.165) is 24.4 Å². The third kappa shape index (κ3) is 2.49. The Morgan fingerprint density at radius 1 is 1.10 bits per heavy atom. The van der Waals surface area contributed by atoms with Gasteiger partial charge in [-0.1, -0.05) is 12.5 Å². The van der Waals surface area contributed by atoms with Crippen LogP contribution in [-0.4, -0.2) is 47.0 Å². The van der Waals surface area contributed by atoms with Gasteiger partial charge in [0.15, 0.2) is 0 Å². The zero-order chi connectivity index (χ0) is 13.4. The molecule has 0 spiro atoms. The Hall–Kier alpha value is -0.930. The molecule has 3 fully saturated rings. The molecule has 1 aliphatic heterocycles. The largest absolute Gasteiger partial charge is 0.298 e. The normalized spacial score (nSPS) is 34.7. The highest BCUT2D eigenvalue weighted by molar-refractivity contribution is 5.08. The zero-order valence-electron chi connectivity index (χ0n) is 12.2. The molecule has 0 unspecified atom stereocenters. The Balaban J connectivity index is 1.30. The summed E-state index contributed by atoms with van der Waals surface area (Å²) in [5.74, 6) is 2.10. The van der Waals surface area contributed by atoms with Crippen LogP contribution in [0.1, 0.15) is 31.2 Å². The van der Waals surface area contributed by atoms with Crippen LogP contribution in [0.25, 0.3) is 0 Å². The molecule has 2 aliphatic carbocycles. The van der Waals surface area contributed by atoms with Crippen LogP contribution in [0.5, 0.6) is 0 Å². The monoisotopic (exact) mass is 271 g/mol. The first-order valence-corrected chi connectivity index (χ1v) is 8.24. The molecule has 4 rings (SSSR count). The molecule has 3 nitrogen and oxygen atoms in total. The van der Waals surface area contributed by atoms with Crippen molar-refractivity contribution in [2.24, 2.45) is 11.8 Å². The molecule has 1 saturated heterocycles. The lowest BCUT2D eigenvalue weighted by Crippen LogP contribution is -2.51. The molecule has 3 heteroatoms. The van der Waals surface area contributed by atoms with Crippen LogP contribution in [-0.2, 0) is 6.54 Å². The van der Waals surface area contributed by atoms with Gasteiger partial charge >= 0.3 is 0 Å². The van der Waals surface area contributed by atoms with Crippen molar-refractivity contribution in [3.05, 3.63) is 30.1 Å². The van der Waals surface area contributed by atoms with E-state index in [2.05, 4.69) is 20.9 Å². The second-order valence-corrected chi connectivity index (χ2v) is 6.92. The molecule has 3 atom stereocenters. The van der Waals surface area contributed by atoms with Crippen molar-refractivity contribution in [1.29, 1.82) is 0 Å². The summed E-state index contributed by atoms with van der Waals surface area (Å²) >= 11 is 0. The Kier molecular flexibility index (Phi) is 3.49. The van der Waals surface area contributed by atoms with Crippen LogP contribution in [0, 0.1) is 11.8 Å². The number of aromatic nitrogens is 1. The molecule has 0 radical (unpaired) electrons. The maximum atomic E-state index is 4.22. The van der Waals surface area contributed by atoms with Crippen LogP contribution >= 0.6 is 0 Å². The third-order valence-corrected chi connectivity index (χ3v) is 5.71. The summed E-state index contributed by atoms with van der Waals surface area (Å²) in [6.07, 6.45) is 9.90. The summed E-state index contributed by atoms with van der Waals surface area (Å²) in [7, 11) is 0. The van der Waals surface area contributed by atoms with Gasteiger partial charge in [-0.15, -0.1) is 0 Å². The van der Waals surface area contributed by atoms with Crippen LogP contribution < -0.4 is 0 Å². The van der Waals surface area contributed by atoms with E-state index in [4.69, 9.17) is 0 Å². The van der Waals surface area contributed by atoms with Gasteiger partial charge in [0.1, 0.15) is 0 Å². The highest BCUT2D eigenvalue weighted by Gasteiger charge is 2.42. The molecule has 2 bridgehead atoms. The average Bonchev–Trinajstić information content (AvgIpc) is 3.12. The minimum atomic E-state index is 0.925. The zero-order valence-corrected chi connectivity index (χ0v) is 12.2. The van der Waals surface area contributed by atoms with E-state index in [1.54, 1.807) is 0 Å². The van der Waals surface area contributed by atoms with Crippen molar-refractivity contribution in [1.82, 2.24) is 14.8 Å². The molecular formula is C17H25N3. The van der Waals surface area contributed by atoms with Crippen LogP contribution in [0.15, 0.2) is 24.5 Å². The number of hydrogen-bond donors (Lipinski definition) is 0. The minimum Gasteiger partial charge on any atom is -0.298 e. The first kappa shape index (κ1) is 12.8. The number of pyridine rings is 1. The molecule has 1 aromatic heterocycles. The smallest absolute Gasteiger partial charge is 0.0312 e. The summed E-state index contributed by atoms with van der Waals surface area (Å²) in [5.41, 5.74) is 1.35. The van der Waals surface area contributed by atoms with E-state index in [1.807, 2.05) is 18.5 Å². The standard InChI is InChI=1S/C17H25N3/c1-2-15(12-18-5-1)13-19-6-8-20(9-7-19)17-11-14-3-4-16(17)10-14/h1-2,5,12,14,16-17H,3-4,6-11,13H2/t14-,16-,17-/m0/s1. The summed E-state index contributed by atoms with van der Waals surface area (Å²) in [6, 6.07) is 5.16. The topological polar surface area (TPSA) is 19.4 Å². The maximum Gasteiger partial charge on any atom is 0.0312 e. The van der Waals surface area contributed by atoms with Crippen LogP contribution in [0.2, 0.25) is 0 Å².